The Kier molecular flexibility index (Phi) is 1.99. The van der Waals surface area contributed by atoms with E-state index in [1.807, 2.05) is 0 Å². The van der Waals surface area contributed by atoms with Crippen molar-refractivity contribution in [3.05, 3.63) is 11.9 Å². The summed E-state index contributed by atoms with van der Waals surface area (Å²) in [4.78, 5) is 4.41. The van der Waals surface area contributed by atoms with E-state index in [0.29, 0.717) is 6.54 Å². The number of hydrogen-bond donors (Lipinski definition) is 2. The van der Waals surface area contributed by atoms with Gasteiger partial charge in [0.15, 0.2) is 0 Å². The van der Waals surface area contributed by atoms with E-state index in [9.17, 15) is 0 Å². The third-order valence-electron chi connectivity index (χ3n) is 2.09. The highest BCUT2D eigenvalue weighted by molar-refractivity contribution is 5.30. The monoisotopic (exact) mass is 166 g/mol. The maximum Gasteiger partial charge on any atom is 0.203 e. The topological polar surface area (TPSA) is 55.9 Å². The third kappa shape index (κ3) is 1.30. The number of aromatic nitrogens is 2. The molecule has 0 amide bonds. The molecule has 2 rings (SSSR count). The maximum atomic E-state index is 5.45. The molecule has 1 aliphatic heterocycles. The van der Waals surface area contributed by atoms with E-state index in [4.69, 9.17) is 5.73 Å². The van der Waals surface area contributed by atoms with Crippen molar-refractivity contribution < 1.29 is 0 Å². The Morgan fingerprint density at radius 2 is 2.58 bits per heavy atom. The van der Waals surface area contributed by atoms with Crippen LogP contribution in [0.15, 0.2) is 6.20 Å². The maximum absolute atomic E-state index is 5.45. The first-order chi connectivity index (χ1) is 5.90. The predicted octanol–water partition coefficient (Wildman–Crippen LogP) is 0.200. The SMILES string of the molecule is NCCc1cn2c(n1)NCCC2. The zero-order chi connectivity index (χ0) is 8.39. The largest absolute Gasteiger partial charge is 0.356 e. The number of rotatable bonds is 2. The molecule has 2 heterocycles. The summed E-state index contributed by atoms with van der Waals surface area (Å²) in [6.45, 7) is 2.80. The van der Waals surface area contributed by atoms with Crippen LogP contribution >= 0.6 is 0 Å². The lowest BCUT2D eigenvalue weighted by atomic mass is 10.3. The van der Waals surface area contributed by atoms with Crippen LogP contribution in [0.2, 0.25) is 0 Å². The average molecular weight is 166 g/mol. The Labute approximate surface area is 71.8 Å². The number of nitrogens with one attached hydrogen (secondary N) is 1. The van der Waals surface area contributed by atoms with Crippen LogP contribution in [0.1, 0.15) is 12.1 Å². The summed E-state index contributed by atoms with van der Waals surface area (Å²) in [6, 6.07) is 0. The normalized spacial score (nSPS) is 15.4. The van der Waals surface area contributed by atoms with Gasteiger partial charge in [-0.25, -0.2) is 4.98 Å². The number of nitrogens with two attached hydrogens (primary N) is 1. The molecule has 3 N–H and O–H groups in total. The van der Waals surface area contributed by atoms with Crippen molar-refractivity contribution in [2.45, 2.75) is 19.4 Å². The van der Waals surface area contributed by atoms with Crippen LogP contribution in [0.3, 0.4) is 0 Å². The highest BCUT2D eigenvalue weighted by Gasteiger charge is 2.10. The molecule has 0 atom stereocenters. The van der Waals surface area contributed by atoms with Gasteiger partial charge in [-0.1, -0.05) is 0 Å². The van der Waals surface area contributed by atoms with Crippen LogP contribution in [-0.4, -0.2) is 22.6 Å². The van der Waals surface area contributed by atoms with Crippen molar-refractivity contribution in [2.75, 3.05) is 18.4 Å². The Hall–Kier alpha value is -1.03. The van der Waals surface area contributed by atoms with E-state index in [1.54, 1.807) is 0 Å². The van der Waals surface area contributed by atoms with Gasteiger partial charge in [0.1, 0.15) is 0 Å². The van der Waals surface area contributed by atoms with Crippen molar-refractivity contribution >= 4 is 5.95 Å². The van der Waals surface area contributed by atoms with Gasteiger partial charge in [0.05, 0.1) is 5.69 Å². The molecule has 0 saturated heterocycles. The summed E-state index contributed by atoms with van der Waals surface area (Å²) in [7, 11) is 0. The van der Waals surface area contributed by atoms with Crippen molar-refractivity contribution in [1.29, 1.82) is 0 Å². The molecule has 0 fully saturated rings. The van der Waals surface area contributed by atoms with Crippen LogP contribution in [0, 0.1) is 0 Å². The average Bonchev–Trinajstić information content (AvgIpc) is 2.47. The minimum Gasteiger partial charge on any atom is -0.356 e. The Morgan fingerprint density at radius 3 is 3.33 bits per heavy atom. The second kappa shape index (κ2) is 3.15. The van der Waals surface area contributed by atoms with E-state index in [1.165, 1.54) is 6.42 Å². The molecule has 1 aromatic heterocycles. The van der Waals surface area contributed by atoms with E-state index in [-0.39, 0.29) is 0 Å². The molecule has 0 bridgehead atoms. The van der Waals surface area contributed by atoms with Gasteiger partial charge in [-0.15, -0.1) is 0 Å². The fourth-order valence-electron chi connectivity index (χ4n) is 1.50. The van der Waals surface area contributed by atoms with E-state index in [0.717, 1.165) is 31.2 Å². The van der Waals surface area contributed by atoms with Gasteiger partial charge in [-0.3, -0.25) is 0 Å². The number of nitrogens with zero attached hydrogens (tertiary/aromatic N) is 2. The van der Waals surface area contributed by atoms with E-state index < -0.39 is 0 Å². The number of aryl methyl sites for hydroxylation is 1. The summed E-state index contributed by atoms with van der Waals surface area (Å²) in [5.74, 6) is 1.00. The molecular weight excluding hydrogens is 152 g/mol. The molecule has 66 valence electrons. The van der Waals surface area contributed by atoms with Crippen LogP contribution in [0.5, 0.6) is 0 Å². The molecule has 1 aromatic rings. The molecule has 0 spiro atoms. The fourth-order valence-corrected chi connectivity index (χ4v) is 1.50. The highest BCUT2D eigenvalue weighted by Crippen LogP contribution is 2.13. The first-order valence-electron chi connectivity index (χ1n) is 4.40. The lowest BCUT2D eigenvalue weighted by Gasteiger charge is -2.14. The molecule has 4 nitrogen and oxygen atoms in total. The third-order valence-corrected chi connectivity index (χ3v) is 2.09. The van der Waals surface area contributed by atoms with Gasteiger partial charge >= 0.3 is 0 Å². The molecule has 12 heavy (non-hydrogen) atoms. The Balaban J connectivity index is 2.20. The second-order valence-electron chi connectivity index (χ2n) is 3.07. The van der Waals surface area contributed by atoms with Crippen LogP contribution < -0.4 is 11.1 Å². The van der Waals surface area contributed by atoms with Crippen molar-refractivity contribution in [3.8, 4) is 0 Å². The van der Waals surface area contributed by atoms with E-state index in [2.05, 4.69) is 21.1 Å². The lowest BCUT2D eigenvalue weighted by Crippen LogP contribution is -2.16. The zero-order valence-corrected chi connectivity index (χ0v) is 7.08. The lowest BCUT2D eigenvalue weighted by molar-refractivity contribution is 0.627. The number of imidazole rings is 1. The predicted molar refractivity (Wildman–Crippen MR) is 48.1 cm³/mol. The summed E-state index contributed by atoms with van der Waals surface area (Å²) >= 11 is 0. The van der Waals surface area contributed by atoms with Gasteiger partial charge in [-0.2, -0.15) is 0 Å². The molecule has 0 saturated carbocycles. The van der Waals surface area contributed by atoms with Crippen molar-refractivity contribution in [3.63, 3.8) is 0 Å². The van der Waals surface area contributed by atoms with E-state index >= 15 is 0 Å². The summed E-state index contributed by atoms with van der Waals surface area (Å²) in [5.41, 5.74) is 6.55. The fraction of sp³-hybridized carbons (Fsp3) is 0.625. The quantitative estimate of drug-likeness (QED) is 0.660. The molecule has 1 aliphatic rings. The van der Waals surface area contributed by atoms with Gasteiger partial charge < -0.3 is 15.6 Å². The molecule has 0 aliphatic carbocycles. The molecule has 0 unspecified atom stereocenters. The second-order valence-corrected chi connectivity index (χ2v) is 3.07. The van der Waals surface area contributed by atoms with Crippen LogP contribution in [0.4, 0.5) is 5.95 Å². The number of fused-ring (bicyclic) bond motifs is 1. The summed E-state index contributed by atoms with van der Waals surface area (Å²) in [5, 5.41) is 3.25. The smallest absolute Gasteiger partial charge is 0.203 e. The molecular formula is C8H14N4. The first kappa shape index (κ1) is 7.61. The molecule has 4 heteroatoms. The molecule has 0 aromatic carbocycles. The standard InChI is InChI=1S/C8H14N4/c9-3-2-7-6-12-5-1-4-10-8(12)11-7/h6H,1-5,9H2,(H,10,11). The molecule has 0 radical (unpaired) electrons. The van der Waals surface area contributed by atoms with Crippen LogP contribution in [0.25, 0.3) is 0 Å². The minimum atomic E-state index is 0.677. The number of hydrogen-bond acceptors (Lipinski definition) is 3. The Bertz CT molecular complexity index is 243. The summed E-state index contributed by atoms with van der Waals surface area (Å²) < 4.78 is 2.16. The summed E-state index contributed by atoms with van der Waals surface area (Å²) in [6.07, 6.45) is 4.15. The first-order valence-corrected chi connectivity index (χ1v) is 4.40. The van der Waals surface area contributed by atoms with Gasteiger partial charge in [0, 0.05) is 25.7 Å². The highest BCUT2D eigenvalue weighted by atomic mass is 15.2. The Morgan fingerprint density at radius 1 is 1.67 bits per heavy atom. The minimum absolute atomic E-state index is 0.677. The van der Waals surface area contributed by atoms with Crippen molar-refractivity contribution in [1.82, 2.24) is 9.55 Å². The van der Waals surface area contributed by atoms with Crippen molar-refractivity contribution in [2.24, 2.45) is 5.73 Å². The van der Waals surface area contributed by atoms with Gasteiger partial charge in [0.2, 0.25) is 5.95 Å². The number of anilines is 1. The zero-order valence-electron chi connectivity index (χ0n) is 7.08. The van der Waals surface area contributed by atoms with Gasteiger partial charge in [-0.05, 0) is 13.0 Å². The van der Waals surface area contributed by atoms with Gasteiger partial charge in [0.25, 0.3) is 0 Å². The van der Waals surface area contributed by atoms with Crippen LogP contribution in [-0.2, 0) is 13.0 Å².